The highest BCUT2D eigenvalue weighted by Crippen LogP contribution is 2.38. The zero-order valence-corrected chi connectivity index (χ0v) is 17.4. The van der Waals surface area contributed by atoms with Gasteiger partial charge in [-0.05, 0) is 38.1 Å². The van der Waals surface area contributed by atoms with Crippen molar-refractivity contribution in [3.8, 4) is 0 Å². The smallest absolute Gasteiger partial charge is 0.251 e. The maximum absolute atomic E-state index is 12.8. The molecule has 5 atom stereocenters. The monoisotopic (exact) mass is 426 g/mol. The summed E-state index contributed by atoms with van der Waals surface area (Å²) in [5, 5.41) is 16.4. The quantitative estimate of drug-likeness (QED) is 0.646. The third-order valence-corrected chi connectivity index (χ3v) is 5.31. The predicted octanol–water partition coefficient (Wildman–Crippen LogP) is 1.45. The Morgan fingerprint density at radius 2 is 1.55 bits per heavy atom. The van der Waals surface area contributed by atoms with Gasteiger partial charge in [0, 0.05) is 17.7 Å². The first-order valence-corrected chi connectivity index (χ1v) is 10.2. The molecule has 2 aliphatic heterocycles. The molecule has 0 unspecified atom stereocenters. The lowest BCUT2D eigenvalue weighted by Crippen LogP contribution is -2.54. The van der Waals surface area contributed by atoms with E-state index in [1.807, 2.05) is 12.1 Å². The summed E-state index contributed by atoms with van der Waals surface area (Å²) in [7, 11) is 0. The van der Waals surface area contributed by atoms with Crippen LogP contribution in [0, 0.1) is 0 Å². The number of nitrogens with one attached hydrogen (secondary N) is 2. The van der Waals surface area contributed by atoms with Crippen molar-refractivity contribution in [2.24, 2.45) is 0 Å². The second kappa shape index (κ2) is 8.76. The summed E-state index contributed by atoms with van der Waals surface area (Å²) in [5.74, 6) is -1.49. The Kier molecular flexibility index (Phi) is 6.06. The average molecular weight is 426 g/mol. The molecule has 2 fully saturated rings. The van der Waals surface area contributed by atoms with Gasteiger partial charge in [0.1, 0.15) is 12.2 Å². The second-order valence-corrected chi connectivity index (χ2v) is 8.08. The van der Waals surface area contributed by atoms with Gasteiger partial charge in [-0.1, -0.05) is 36.4 Å². The number of fused-ring (bicyclic) bond motifs is 1. The number of aliphatic hydroxyl groups excluding tert-OH is 1. The number of ether oxygens (including phenoxy) is 3. The summed E-state index contributed by atoms with van der Waals surface area (Å²) in [6.07, 6.45) is -3.24. The van der Waals surface area contributed by atoms with Crippen LogP contribution in [0.25, 0.3) is 0 Å². The SMILES string of the molecule is CC1(C)O[C@@H]2O[C@@H]([C@@H](O)CNC(=O)c3ccccc3)[C@@H](NC(=O)c3ccccc3)[C@@H]2O1. The standard InChI is InChI=1S/C23H26N2O6/c1-23(2)30-19-17(25-21(28)15-11-7-4-8-12-15)18(29-22(19)31-23)16(26)13-24-20(27)14-9-5-3-6-10-14/h3-12,16-19,22,26H,13H2,1-2H3,(H,24,27)(H,25,28)/t16-,17+,18-,19-,22-/m0/s1. The number of rotatable bonds is 6. The van der Waals surface area contributed by atoms with Crippen molar-refractivity contribution in [1.29, 1.82) is 0 Å². The first kappa shape index (κ1) is 21.5. The third-order valence-electron chi connectivity index (χ3n) is 5.31. The van der Waals surface area contributed by atoms with Gasteiger partial charge >= 0.3 is 0 Å². The highest BCUT2D eigenvalue weighted by Gasteiger charge is 2.56. The summed E-state index contributed by atoms with van der Waals surface area (Å²) in [5.41, 5.74) is 0.969. The third kappa shape index (κ3) is 4.77. The number of carbonyl (C=O) groups is 2. The van der Waals surface area contributed by atoms with Crippen molar-refractivity contribution in [1.82, 2.24) is 10.6 Å². The number of aliphatic hydroxyl groups is 1. The van der Waals surface area contributed by atoms with Crippen LogP contribution in [-0.2, 0) is 14.2 Å². The zero-order chi connectivity index (χ0) is 22.0. The maximum Gasteiger partial charge on any atom is 0.251 e. The molecule has 8 heteroatoms. The van der Waals surface area contributed by atoms with Gasteiger partial charge in [0.25, 0.3) is 11.8 Å². The molecule has 4 rings (SSSR count). The van der Waals surface area contributed by atoms with Gasteiger partial charge in [0.2, 0.25) is 0 Å². The molecule has 31 heavy (non-hydrogen) atoms. The van der Waals surface area contributed by atoms with E-state index in [1.165, 1.54) is 0 Å². The van der Waals surface area contributed by atoms with Crippen molar-refractivity contribution in [3.05, 3.63) is 71.8 Å². The summed E-state index contributed by atoms with van der Waals surface area (Å²) >= 11 is 0. The number of benzene rings is 2. The van der Waals surface area contributed by atoms with Gasteiger partial charge in [-0.3, -0.25) is 9.59 Å². The highest BCUT2D eigenvalue weighted by molar-refractivity contribution is 5.94. The molecule has 2 saturated heterocycles. The van der Waals surface area contributed by atoms with Crippen molar-refractivity contribution >= 4 is 11.8 Å². The maximum atomic E-state index is 12.8. The van der Waals surface area contributed by atoms with Crippen LogP contribution >= 0.6 is 0 Å². The van der Waals surface area contributed by atoms with Crippen LogP contribution in [0.1, 0.15) is 34.6 Å². The number of hydrogen-bond donors (Lipinski definition) is 3. The molecule has 0 radical (unpaired) electrons. The fourth-order valence-electron chi connectivity index (χ4n) is 3.86. The molecule has 0 bridgehead atoms. The highest BCUT2D eigenvalue weighted by atomic mass is 16.8. The van der Waals surface area contributed by atoms with Crippen molar-refractivity contribution in [2.75, 3.05) is 6.54 Å². The van der Waals surface area contributed by atoms with Gasteiger partial charge in [-0.25, -0.2) is 0 Å². The van der Waals surface area contributed by atoms with Gasteiger partial charge in [0.05, 0.1) is 12.1 Å². The molecule has 2 aromatic rings. The van der Waals surface area contributed by atoms with E-state index in [0.717, 1.165) is 0 Å². The van der Waals surface area contributed by atoms with Crippen LogP contribution in [0.3, 0.4) is 0 Å². The topological polar surface area (TPSA) is 106 Å². The number of amides is 2. The molecule has 2 heterocycles. The largest absolute Gasteiger partial charge is 0.388 e. The second-order valence-electron chi connectivity index (χ2n) is 8.08. The molecule has 2 aromatic carbocycles. The van der Waals surface area contributed by atoms with E-state index in [-0.39, 0.29) is 18.4 Å². The van der Waals surface area contributed by atoms with Crippen LogP contribution in [0.4, 0.5) is 0 Å². The van der Waals surface area contributed by atoms with Crippen molar-refractivity contribution in [2.45, 2.75) is 50.3 Å². The number of carbonyl (C=O) groups excluding carboxylic acids is 2. The van der Waals surface area contributed by atoms with E-state index < -0.39 is 36.4 Å². The molecule has 8 nitrogen and oxygen atoms in total. The number of hydrogen-bond acceptors (Lipinski definition) is 6. The van der Waals surface area contributed by atoms with Crippen molar-refractivity contribution in [3.63, 3.8) is 0 Å². The molecule has 3 N–H and O–H groups in total. The van der Waals surface area contributed by atoms with Gasteiger partial charge < -0.3 is 30.0 Å². The van der Waals surface area contributed by atoms with Gasteiger partial charge in [0.15, 0.2) is 12.1 Å². The van der Waals surface area contributed by atoms with Crippen LogP contribution < -0.4 is 10.6 Å². The van der Waals surface area contributed by atoms with E-state index in [9.17, 15) is 14.7 Å². The van der Waals surface area contributed by atoms with Crippen LogP contribution in [0.5, 0.6) is 0 Å². The molecule has 2 aliphatic rings. The summed E-state index contributed by atoms with van der Waals surface area (Å²) in [4.78, 5) is 25.1. The van der Waals surface area contributed by atoms with E-state index in [4.69, 9.17) is 14.2 Å². The molecular weight excluding hydrogens is 400 g/mol. The Morgan fingerprint density at radius 1 is 0.968 bits per heavy atom. The van der Waals surface area contributed by atoms with E-state index in [2.05, 4.69) is 10.6 Å². The van der Waals surface area contributed by atoms with Gasteiger partial charge in [-0.2, -0.15) is 0 Å². The molecule has 164 valence electrons. The molecule has 0 saturated carbocycles. The summed E-state index contributed by atoms with van der Waals surface area (Å²) in [6, 6.07) is 16.8. The van der Waals surface area contributed by atoms with Crippen LogP contribution in [0.2, 0.25) is 0 Å². The minimum atomic E-state index is -1.09. The predicted molar refractivity (Wildman–Crippen MR) is 111 cm³/mol. The fourth-order valence-corrected chi connectivity index (χ4v) is 3.86. The molecule has 0 aromatic heterocycles. The van der Waals surface area contributed by atoms with Gasteiger partial charge in [-0.15, -0.1) is 0 Å². The molecule has 0 spiro atoms. The molecular formula is C23H26N2O6. The lowest BCUT2D eigenvalue weighted by molar-refractivity contribution is -0.216. The minimum Gasteiger partial charge on any atom is -0.388 e. The van der Waals surface area contributed by atoms with E-state index in [0.29, 0.717) is 11.1 Å². The fraction of sp³-hybridized carbons (Fsp3) is 0.391. The summed E-state index contributed by atoms with van der Waals surface area (Å²) in [6.45, 7) is 3.46. The lowest BCUT2D eigenvalue weighted by atomic mass is 10.0. The Balaban J connectivity index is 1.45. The zero-order valence-electron chi connectivity index (χ0n) is 17.4. The van der Waals surface area contributed by atoms with E-state index >= 15 is 0 Å². The van der Waals surface area contributed by atoms with Crippen LogP contribution in [0.15, 0.2) is 60.7 Å². The Hall–Kier alpha value is -2.78. The molecule has 2 amide bonds. The normalized spacial score (nSPS) is 27.3. The average Bonchev–Trinajstić information content (AvgIpc) is 3.25. The Labute approximate surface area is 180 Å². The van der Waals surface area contributed by atoms with Crippen LogP contribution in [-0.4, -0.2) is 59.9 Å². The Morgan fingerprint density at radius 3 is 2.16 bits per heavy atom. The molecule has 0 aliphatic carbocycles. The first-order chi connectivity index (χ1) is 14.8. The Bertz CT molecular complexity index is 920. The van der Waals surface area contributed by atoms with E-state index in [1.54, 1.807) is 62.4 Å². The summed E-state index contributed by atoms with van der Waals surface area (Å²) < 4.78 is 17.6. The van der Waals surface area contributed by atoms with Crippen molar-refractivity contribution < 1.29 is 28.9 Å². The lowest BCUT2D eigenvalue weighted by Gasteiger charge is -2.29. The minimum absolute atomic E-state index is 0.0566. The first-order valence-electron chi connectivity index (χ1n) is 10.2.